The van der Waals surface area contributed by atoms with Crippen molar-refractivity contribution >= 4 is 34.1 Å². The number of halogens is 1. The summed E-state index contributed by atoms with van der Waals surface area (Å²) < 4.78 is 5.88. The number of anilines is 1. The standard InChI is InChI=1S/C23H17ClN2O2/c24-20-10-12-22(25-14-20)26-23(27)18-7-5-16(6-8-18)15-28-21-11-9-17-3-1-2-4-19(17)13-21/h1-14H,15H2,(H,25,26,27). The molecule has 0 unspecified atom stereocenters. The number of rotatable bonds is 5. The molecule has 3 aromatic carbocycles. The first-order chi connectivity index (χ1) is 13.7. The molecule has 1 N–H and O–H groups in total. The van der Waals surface area contributed by atoms with E-state index in [1.807, 2.05) is 42.5 Å². The molecular formula is C23H17ClN2O2. The number of hydrogen-bond acceptors (Lipinski definition) is 3. The van der Waals surface area contributed by atoms with E-state index >= 15 is 0 Å². The average Bonchev–Trinajstić information content (AvgIpc) is 2.74. The fourth-order valence-electron chi connectivity index (χ4n) is 2.81. The lowest BCUT2D eigenvalue weighted by molar-refractivity contribution is 0.102. The molecule has 0 aliphatic heterocycles. The number of nitrogens with one attached hydrogen (secondary N) is 1. The van der Waals surface area contributed by atoms with Crippen LogP contribution in [0.2, 0.25) is 5.02 Å². The number of aromatic nitrogens is 1. The summed E-state index contributed by atoms with van der Waals surface area (Å²) in [6.45, 7) is 0.430. The van der Waals surface area contributed by atoms with Gasteiger partial charge in [0.05, 0.1) is 5.02 Å². The zero-order valence-corrected chi connectivity index (χ0v) is 15.7. The number of carbonyl (C=O) groups excluding carboxylic acids is 1. The van der Waals surface area contributed by atoms with Gasteiger partial charge in [-0.25, -0.2) is 4.98 Å². The summed E-state index contributed by atoms with van der Waals surface area (Å²) in [6.07, 6.45) is 1.49. The van der Waals surface area contributed by atoms with E-state index < -0.39 is 0 Å². The smallest absolute Gasteiger partial charge is 0.256 e. The van der Waals surface area contributed by atoms with Gasteiger partial charge in [-0.15, -0.1) is 0 Å². The molecule has 138 valence electrons. The quantitative estimate of drug-likeness (QED) is 0.475. The topological polar surface area (TPSA) is 51.2 Å². The minimum Gasteiger partial charge on any atom is -0.489 e. The number of fused-ring (bicyclic) bond motifs is 1. The van der Waals surface area contributed by atoms with E-state index in [4.69, 9.17) is 16.3 Å². The van der Waals surface area contributed by atoms with Gasteiger partial charge in [0, 0.05) is 11.8 Å². The first-order valence-electron chi connectivity index (χ1n) is 8.81. The number of benzene rings is 3. The molecule has 28 heavy (non-hydrogen) atoms. The van der Waals surface area contributed by atoms with Gasteiger partial charge in [-0.1, -0.05) is 54.1 Å². The van der Waals surface area contributed by atoms with Crippen molar-refractivity contribution in [3.63, 3.8) is 0 Å². The number of pyridine rings is 1. The van der Waals surface area contributed by atoms with E-state index in [1.54, 1.807) is 24.3 Å². The van der Waals surface area contributed by atoms with Crippen molar-refractivity contribution in [1.82, 2.24) is 4.98 Å². The highest BCUT2D eigenvalue weighted by Crippen LogP contribution is 2.21. The minimum atomic E-state index is -0.225. The van der Waals surface area contributed by atoms with Crippen molar-refractivity contribution in [1.29, 1.82) is 0 Å². The summed E-state index contributed by atoms with van der Waals surface area (Å²) in [5.74, 6) is 1.05. The Morgan fingerprint density at radius 2 is 1.71 bits per heavy atom. The van der Waals surface area contributed by atoms with Gasteiger partial charge in [-0.2, -0.15) is 0 Å². The summed E-state index contributed by atoms with van der Waals surface area (Å²) in [6, 6.07) is 24.8. The number of hydrogen-bond donors (Lipinski definition) is 1. The third-order valence-corrected chi connectivity index (χ3v) is 4.54. The van der Waals surface area contributed by atoms with E-state index in [2.05, 4.69) is 22.4 Å². The third kappa shape index (κ3) is 4.30. The maximum Gasteiger partial charge on any atom is 0.256 e. The largest absolute Gasteiger partial charge is 0.489 e. The molecule has 4 nitrogen and oxygen atoms in total. The van der Waals surface area contributed by atoms with E-state index in [9.17, 15) is 4.79 Å². The number of nitrogens with zero attached hydrogens (tertiary/aromatic N) is 1. The van der Waals surface area contributed by atoms with Crippen molar-refractivity contribution in [2.45, 2.75) is 6.61 Å². The van der Waals surface area contributed by atoms with Crippen LogP contribution in [0.15, 0.2) is 85.1 Å². The monoisotopic (exact) mass is 388 g/mol. The number of ether oxygens (including phenoxy) is 1. The molecule has 1 aromatic heterocycles. The van der Waals surface area contributed by atoms with Crippen molar-refractivity contribution in [2.75, 3.05) is 5.32 Å². The first-order valence-corrected chi connectivity index (χ1v) is 9.19. The maximum atomic E-state index is 12.3. The zero-order chi connectivity index (χ0) is 19.3. The Balaban J connectivity index is 1.38. The van der Waals surface area contributed by atoms with Gasteiger partial charge in [-0.05, 0) is 52.7 Å². The van der Waals surface area contributed by atoms with E-state index in [0.717, 1.165) is 16.7 Å². The molecule has 5 heteroatoms. The van der Waals surface area contributed by atoms with E-state index in [-0.39, 0.29) is 5.91 Å². The Morgan fingerprint density at radius 3 is 2.46 bits per heavy atom. The predicted octanol–water partition coefficient (Wildman–Crippen LogP) is 5.72. The van der Waals surface area contributed by atoms with Crippen LogP contribution in [0.4, 0.5) is 5.82 Å². The van der Waals surface area contributed by atoms with Crippen LogP contribution >= 0.6 is 11.6 Å². The second-order valence-corrected chi connectivity index (χ2v) is 6.75. The fourth-order valence-corrected chi connectivity index (χ4v) is 2.93. The Morgan fingerprint density at radius 1 is 0.929 bits per heavy atom. The lowest BCUT2D eigenvalue weighted by atomic mass is 10.1. The zero-order valence-electron chi connectivity index (χ0n) is 14.9. The van der Waals surface area contributed by atoms with Gasteiger partial charge in [0.1, 0.15) is 18.2 Å². The first kappa shape index (κ1) is 18.0. The van der Waals surface area contributed by atoms with Crippen LogP contribution in [0.3, 0.4) is 0 Å². The summed E-state index contributed by atoms with van der Waals surface area (Å²) in [5.41, 5.74) is 1.53. The molecule has 0 aliphatic carbocycles. The lowest BCUT2D eigenvalue weighted by Crippen LogP contribution is -2.12. The highest BCUT2D eigenvalue weighted by molar-refractivity contribution is 6.30. The van der Waals surface area contributed by atoms with Gasteiger partial charge in [0.15, 0.2) is 0 Å². The Hall–Kier alpha value is -3.37. The summed E-state index contributed by atoms with van der Waals surface area (Å²) in [4.78, 5) is 16.4. The molecule has 4 rings (SSSR count). The molecule has 0 bridgehead atoms. The second-order valence-electron chi connectivity index (χ2n) is 6.31. The summed E-state index contributed by atoms with van der Waals surface area (Å²) in [7, 11) is 0. The highest BCUT2D eigenvalue weighted by Gasteiger charge is 2.07. The Kier molecular flexibility index (Phi) is 5.22. The Bertz CT molecular complexity index is 1110. The van der Waals surface area contributed by atoms with Gasteiger partial charge in [-0.3, -0.25) is 4.79 Å². The third-order valence-electron chi connectivity index (χ3n) is 4.31. The van der Waals surface area contributed by atoms with Gasteiger partial charge in [0.25, 0.3) is 5.91 Å². The molecule has 0 atom stereocenters. The minimum absolute atomic E-state index is 0.225. The molecule has 1 amide bonds. The van der Waals surface area contributed by atoms with Crippen LogP contribution in [0.25, 0.3) is 10.8 Å². The van der Waals surface area contributed by atoms with Gasteiger partial charge < -0.3 is 10.1 Å². The average molecular weight is 389 g/mol. The van der Waals surface area contributed by atoms with E-state index in [0.29, 0.717) is 23.0 Å². The van der Waals surface area contributed by atoms with Crippen LogP contribution in [0.1, 0.15) is 15.9 Å². The second kappa shape index (κ2) is 8.11. The molecule has 1 heterocycles. The highest BCUT2D eigenvalue weighted by atomic mass is 35.5. The normalized spacial score (nSPS) is 10.6. The molecule has 0 saturated heterocycles. The van der Waals surface area contributed by atoms with Crippen LogP contribution in [-0.4, -0.2) is 10.9 Å². The molecule has 0 saturated carbocycles. The van der Waals surface area contributed by atoms with Gasteiger partial charge in [0.2, 0.25) is 0 Å². The van der Waals surface area contributed by atoms with Crippen LogP contribution in [0.5, 0.6) is 5.75 Å². The number of carbonyl (C=O) groups is 1. The molecule has 0 radical (unpaired) electrons. The van der Waals surface area contributed by atoms with Crippen LogP contribution < -0.4 is 10.1 Å². The van der Waals surface area contributed by atoms with Crippen molar-refractivity contribution in [3.05, 3.63) is 101 Å². The van der Waals surface area contributed by atoms with E-state index in [1.165, 1.54) is 11.6 Å². The van der Waals surface area contributed by atoms with Crippen molar-refractivity contribution in [2.24, 2.45) is 0 Å². The van der Waals surface area contributed by atoms with Gasteiger partial charge >= 0.3 is 0 Å². The fraction of sp³-hybridized carbons (Fsp3) is 0.0435. The molecule has 0 spiro atoms. The lowest BCUT2D eigenvalue weighted by Gasteiger charge is -2.09. The SMILES string of the molecule is O=C(Nc1ccc(Cl)cn1)c1ccc(COc2ccc3ccccc3c2)cc1. The Labute approximate surface area is 167 Å². The summed E-state index contributed by atoms with van der Waals surface area (Å²) >= 11 is 5.80. The van der Waals surface area contributed by atoms with Crippen molar-refractivity contribution < 1.29 is 9.53 Å². The van der Waals surface area contributed by atoms with Crippen LogP contribution in [-0.2, 0) is 6.61 Å². The van der Waals surface area contributed by atoms with Crippen molar-refractivity contribution in [3.8, 4) is 5.75 Å². The molecule has 0 aliphatic rings. The molecule has 0 fully saturated rings. The maximum absolute atomic E-state index is 12.3. The predicted molar refractivity (Wildman–Crippen MR) is 112 cm³/mol. The van der Waals surface area contributed by atoms with Crippen LogP contribution in [0, 0.1) is 0 Å². The number of amides is 1. The summed E-state index contributed by atoms with van der Waals surface area (Å²) in [5, 5.41) is 5.58. The molecular weight excluding hydrogens is 372 g/mol. The molecule has 4 aromatic rings.